The lowest BCUT2D eigenvalue weighted by atomic mass is 9.82. The largest absolute Gasteiger partial charge is 0.366 e. The van der Waals surface area contributed by atoms with Crippen molar-refractivity contribution in [1.82, 2.24) is 9.88 Å². The SMILES string of the molecule is NC(=O)c1ccc2[nH]cc(CCCCN3CCC4=C(CCc5ccccc54)C3)c2c1. The number of nitrogens with one attached hydrogen (secondary N) is 1. The van der Waals surface area contributed by atoms with Crippen LogP contribution in [-0.4, -0.2) is 35.4 Å². The number of primary amides is 1. The van der Waals surface area contributed by atoms with Gasteiger partial charge in [-0.2, -0.15) is 0 Å². The predicted octanol–water partition coefficient (Wildman–Crippen LogP) is 4.70. The number of amides is 1. The van der Waals surface area contributed by atoms with Crippen molar-refractivity contribution in [2.45, 2.75) is 38.5 Å². The predicted molar refractivity (Wildman–Crippen MR) is 122 cm³/mol. The Morgan fingerprint density at radius 3 is 2.87 bits per heavy atom. The van der Waals surface area contributed by atoms with Crippen molar-refractivity contribution in [2.24, 2.45) is 5.73 Å². The van der Waals surface area contributed by atoms with E-state index in [0.29, 0.717) is 5.56 Å². The highest BCUT2D eigenvalue weighted by molar-refractivity contribution is 5.97. The van der Waals surface area contributed by atoms with Gasteiger partial charge in [-0.1, -0.05) is 29.8 Å². The Labute approximate surface area is 177 Å². The molecule has 2 aliphatic rings. The van der Waals surface area contributed by atoms with E-state index in [1.165, 1.54) is 48.9 Å². The van der Waals surface area contributed by atoms with Crippen LogP contribution in [-0.2, 0) is 12.8 Å². The number of hydrogen-bond donors (Lipinski definition) is 2. The Balaban J connectivity index is 1.17. The maximum atomic E-state index is 11.5. The van der Waals surface area contributed by atoms with Crippen molar-refractivity contribution in [3.8, 4) is 0 Å². The van der Waals surface area contributed by atoms with Crippen molar-refractivity contribution >= 4 is 22.4 Å². The van der Waals surface area contributed by atoms with Gasteiger partial charge in [0.2, 0.25) is 5.91 Å². The minimum Gasteiger partial charge on any atom is -0.366 e. The Morgan fingerprint density at radius 2 is 1.97 bits per heavy atom. The zero-order valence-electron chi connectivity index (χ0n) is 17.4. The number of hydrogen-bond acceptors (Lipinski definition) is 2. The van der Waals surface area contributed by atoms with Crippen LogP contribution in [0.2, 0.25) is 0 Å². The van der Waals surface area contributed by atoms with Gasteiger partial charge in [-0.25, -0.2) is 0 Å². The molecule has 4 heteroatoms. The Morgan fingerprint density at radius 1 is 1.07 bits per heavy atom. The van der Waals surface area contributed by atoms with E-state index in [2.05, 4.69) is 40.3 Å². The number of unbranched alkanes of at least 4 members (excludes halogenated alkanes) is 1. The van der Waals surface area contributed by atoms with Crippen LogP contribution in [0.15, 0.2) is 54.2 Å². The zero-order valence-corrected chi connectivity index (χ0v) is 17.4. The maximum absolute atomic E-state index is 11.5. The van der Waals surface area contributed by atoms with Crippen LogP contribution in [0.1, 0.15) is 52.7 Å². The van der Waals surface area contributed by atoms with Crippen LogP contribution in [0.5, 0.6) is 0 Å². The van der Waals surface area contributed by atoms with E-state index in [9.17, 15) is 4.79 Å². The molecule has 0 radical (unpaired) electrons. The summed E-state index contributed by atoms with van der Waals surface area (Å²) >= 11 is 0. The van der Waals surface area contributed by atoms with Crippen LogP contribution < -0.4 is 5.73 Å². The van der Waals surface area contributed by atoms with E-state index in [4.69, 9.17) is 5.73 Å². The Hall–Kier alpha value is -2.85. The zero-order chi connectivity index (χ0) is 20.5. The summed E-state index contributed by atoms with van der Waals surface area (Å²) in [6, 6.07) is 14.6. The number of H-pyrrole nitrogens is 1. The van der Waals surface area contributed by atoms with Crippen molar-refractivity contribution in [2.75, 3.05) is 19.6 Å². The molecule has 2 heterocycles. The van der Waals surface area contributed by atoms with Gasteiger partial charge in [0.25, 0.3) is 0 Å². The summed E-state index contributed by atoms with van der Waals surface area (Å²) < 4.78 is 0. The summed E-state index contributed by atoms with van der Waals surface area (Å²) in [6.45, 7) is 3.47. The first kappa shape index (κ1) is 19.1. The molecule has 0 spiro atoms. The molecular weight excluding hydrogens is 370 g/mol. The lowest BCUT2D eigenvalue weighted by molar-refractivity contribution is 0.100. The third-order valence-electron chi connectivity index (χ3n) is 6.78. The second kappa shape index (κ2) is 8.11. The average molecular weight is 400 g/mol. The summed E-state index contributed by atoms with van der Waals surface area (Å²) in [6.07, 6.45) is 9.05. The number of aromatic amines is 1. The molecule has 5 rings (SSSR count). The molecular formula is C26H29N3O. The number of fused-ring (bicyclic) bond motifs is 3. The van der Waals surface area contributed by atoms with Crippen LogP contribution in [0.3, 0.4) is 0 Å². The maximum Gasteiger partial charge on any atom is 0.248 e. The van der Waals surface area contributed by atoms with Crippen molar-refractivity contribution < 1.29 is 4.79 Å². The van der Waals surface area contributed by atoms with Crippen molar-refractivity contribution in [3.63, 3.8) is 0 Å². The number of benzene rings is 2. The van der Waals surface area contributed by atoms with Crippen LogP contribution in [0.4, 0.5) is 0 Å². The lowest BCUT2D eigenvalue weighted by Gasteiger charge is -2.34. The Bertz CT molecular complexity index is 1120. The van der Waals surface area contributed by atoms with Gasteiger partial charge in [0, 0.05) is 35.8 Å². The molecule has 1 aromatic heterocycles. The minimum atomic E-state index is -0.367. The second-order valence-corrected chi connectivity index (χ2v) is 8.66. The molecule has 0 fully saturated rings. The highest BCUT2D eigenvalue weighted by Crippen LogP contribution is 2.36. The van der Waals surface area contributed by atoms with Gasteiger partial charge in [-0.05, 0) is 85.5 Å². The van der Waals surface area contributed by atoms with Gasteiger partial charge in [0.15, 0.2) is 0 Å². The molecule has 2 aromatic carbocycles. The second-order valence-electron chi connectivity index (χ2n) is 8.66. The molecule has 3 aromatic rings. The number of carbonyl (C=O) groups is 1. The molecule has 3 N–H and O–H groups in total. The summed E-state index contributed by atoms with van der Waals surface area (Å²) in [4.78, 5) is 17.4. The molecule has 0 unspecified atom stereocenters. The third-order valence-corrected chi connectivity index (χ3v) is 6.78. The van der Waals surface area contributed by atoms with E-state index in [0.717, 1.165) is 36.8 Å². The monoisotopic (exact) mass is 399 g/mol. The number of carbonyl (C=O) groups excluding carboxylic acids is 1. The standard InChI is InChI=1S/C26H29N3O/c27-26(30)19-10-11-25-24(15-19)20(16-28-25)6-3-4-13-29-14-12-23-21(17-29)9-8-18-5-1-2-7-22(18)23/h1-2,5,7,10-11,15-16,28H,3-4,6,8-9,12-14,17H2,(H2,27,30). The molecule has 0 bridgehead atoms. The fourth-order valence-electron chi connectivity index (χ4n) is 5.14. The lowest BCUT2D eigenvalue weighted by Crippen LogP contribution is -2.33. The summed E-state index contributed by atoms with van der Waals surface area (Å²) in [7, 11) is 0. The molecule has 0 atom stereocenters. The first-order valence-electron chi connectivity index (χ1n) is 11.1. The summed E-state index contributed by atoms with van der Waals surface area (Å²) in [5.41, 5.74) is 14.7. The first-order valence-corrected chi connectivity index (χ1v) is 11.1. The highest BCUT2D eigenvalue weighted by atomic mass is 16.1. The molecule has 154 valence electrons. The van der Waals surface area contributed by atoms with Gasteiger partial charge in [-0.15, -0.1) is 0 Å². The first-order chi connectivity index (χ1) is 14.7. The van der Waals surface area contributed by atoms with Gasteiger partial charge in [0.1, 0.15) is 0 Å². The van der Waals surface area contributed by atoms with Crippen LogP contribution in [0.25, 0.3) is 16.5 Å². The molecule has 0 saturated heterocycles. The van der Waals surface area contributed by atoms with Crippen LogP contribution in [0, 0.1) is 0 Å². The quantitative estimate of drug-likeness (QED) is 0.591. The molecule has 1 aliphatic carbocycles. The number of nitrogens with two attached hydrogens (primary N) is 1. The van der Waals surface area contributed by atoms with E-state index in [1.807, 2.05) is 12.1 Å². The van der Waals surface area contributed by atoms with Gasteiger partial charge in [0.05, 0.1) is 0 Å². The van der Waals surface area contributed by atoms with E-state index in [-0.39, 0.29) is 5.91 Å². The van der Waals surface area contributed by atoms with Gasteiger partial charge >= 0.3 is 0 Å². The molecule has 1 amide bonds. The minimum absolute atomic E-state index is 0.367. The molecule has 1 aliphatic heterocycles. The molecule has 4 nitrogen and oxygen atoms in total. The van der Waals surface area contributed by atoms with E-state index < -0.39 is 0 Å². The number of aryl methyl sites for hydroxylation is 2. The van der Waals surface area contributed by atoms with Gasteiger partial charge < -0.3 is 10.7 Å². The normalized spacial score (nSPS) is 16.5. The fraction of sp³-hybridized carbons (Fsp3) is 0.346. The smallest absolute Gasteiger partial charge is 0.248 e. The fourth-order valence-corrected chi connectivity index (χ4v) is 5.14. The van der Waals surface area contributed by atoms with E-state index >= 15 is 0 Å². The third kappa shape index (κ3) is 3.68. The number of nitrogens with zero attached hydrogens (tertiary/aromatic N) is 1. The topological polar surface area (TPSA) is 62.1 Å². The number of aromatic nitrogens is 1. The van der Waals surface area contributed by atoms with Gasteiger partial charge in [-0.3, -0.25) is 9.69 Å². The number of rotatable bonds is 6. The highest BCUT2D eigenvalue weighted by Gasteiger charge is 2.24. The van der Waals surface area contributed by atoms with Crippen molar-refractivity contribution in [1.29, 1.82) is 0 Å². The average Bonchev–Trinajstić information content (AvgIpc) is 3.18. The summed E-state index contributed by atoms with van der Waals surface area (Å²) in [5.74, 6) is -0.367. The van der Waals surface area contributed by atoms with Crippen LogP contribution >= 0.6 is 0 Å². The van der Waals surface area contributed by atoms with E-state index in [1.54, 1.807) is 17.2 Å². The summed E-state index contributed by atoms with van der Waals surface area (Å²) in [5, 5.41) is 1.12. The molecule has 30 heavy (non-hydrogen) atoms. The molecule has 0 saturated carbocycles. The Kier molecular flexibility index (Phi) is 5.17. The van der Waals surface area contributed by atoms with Crippen molar-refractivity contribution in [3.05, 3.63) is 76.5 Å².